The second-order valence-electron chi connectivity index (χ2n) is 6.15. The molecule has 25 heavy (non-hydrogen) atoms. The number of amides is 1. The zero-order valence-electron chi connectivity index (χ0n) is 14.9. The minimum absolute atomic E-state index is 0.0989. The lowest BCUT2D eigenvalue weighted by Gasteiger charge is -2.31. The van der Waals surface area contributed by atoms with Gasteiger partial charge in [-0.2, -0.15) is 0 Å². The Bertz CT molecular complexity index is 506. The number of carbonyl (C=O) groups excluding carboxylic acids is 1. The van der Waals surface area contributed by atoms with Crippen molar-refractivity contribution in [1.29, 1.82) is 0 Å². The van der Waals surface area contributed by atoms with Crippen molar-refractivity contribution in [3.05, 3.63) is 12.2 Å². The Kier molecular flexibility index (Phi) is 10.4. The van der Waals surface area contributed by atoms with Crippen LogP contribution in [0, 0.1) is 11.8 Å². The number of aliphatic carboxylic acids is 1. The molecule has 2 atom stereocenters. The summed E-state index contributed by atoms with van der Waals surface area (Å²) in [5, 5.41) is 18.5. The number of nitrogens with zero attached hydrogens (tertiary/aromatic N) is 1. The molecule has 6 heteroatoms. The van der Waals surface area contributed by atoms with Crippen LogP contribution in [0.3, 0.4) is 0 Å². The summed E-state index contributed by atoms with van der Waals surface area (Å²) >= 11 is 0. The van der Waals surface area contributed by atoms with Crippen molar-refractivity contribution in [2.24, 2.45) is 0 Å². The molecule has 0 spiro atoms. The quantitative estimate of drug-likeness (QED) is 0.359. The first-order chi connectivity index (χ1) is 12.0. The Morgan fingerprint density at radius 1 is 1.40 bits per heavy atom. The Morgan fingerprint density at radius 3 is 2.92 bits per heavy atom. The topological polar surface area (TPSA) is 87.1 Å². The van der Waals surface area contributed by atoms with E-state index in [2.05, 4.69) is 18.8 Å². The van der Waals surface area contributed by atoms with E-state index in [1.807, 2.05) is 6.08 Å². The molecule has 0 aromatic rings. The van der Waals surface area contributed by atoms with Crippen molar-refractivity contribution in [1.82, 2.24) is 4.90 Å². The molecule has 1 aliphatic rings. The number of cyclic esters (lactones) is 1. The maximum absolute atomic E-state index is 11.9. The van der Waals surface area contributed by atoms with Gasteiger partial charge in [-0.05, 0) is 12.8 Å². The molecule has 0 aromatic carbocycles. The van der Waals surface area contributed by atoms with E-state index < -0.39 is 18.2 Å². The summed E-state index contributed by atoms with van der Waals surface area (Å²) in [5.41, 5.74) is 0. The van der Waals surface area contributed by atoms with Crippen LogP contribution >= 0.6 is 0 Å². The highest BCUT2D eigenvalue weighted by Crippen LogP contribution is 2.15. The second-order valence-corrected chi connectivity index (χ2v) is 6.15. The van der Waals surface area contributed by atoms with Crippen molar-refractivity contribution < 1.29 is 24.5 Å². The molecule has 2 N–H and O–H groups in total. The number of aliphatic hydroxyl groups excluding tert-OH is 1. The Balaban J connectivity index is 2.48. The SMILES string of the molecule is CCCCCC(O)C=C[C@H]1CCOC(=O)N1CC#CCCCC(=O)O. The van der Waals surface area contributed by atoms with Gasteiger partial charge in [0.05, 0.1) is 25.3 Å². The van der Waals surface area contributed by atoms with Crippen molar-refractivity contribution in [3.63, 3.8) is 0 Å². The van der Waals surface area contributed by atoms with Crippen molar-refractivity contribution in [3.8, 4) is 11.8 Å². The van der Waals surface area contributed by atoms with Crippen LogP contribution in [-0.2, 0) is 9.53 Å². The van der Waals surface area contributed by atoms with Gasteiger partial charge < -0.3 is 14.9 Å². The van der Waals surface area contributed by atoms with Gasteiger partial charge in [0.15, 0.2) is 0 Å². The zero-order chi connectivity index (χ0) is 18.5. The fraction of sp³-hybridized carbons (Fsp3) is 0.684. The lowest BCUT2D eigenvalue weighted by atomic mass is 10.1. The van der Waals surface area contributed by atoms with Gasteiger partial charge in [0.2, 0.25) is 0 Å². The van der Waals surface area contributed by atoms with Gasteiger partial charge in [-0.3, -0.25) is 9.69 Å². The number of hydrogen-bond acceptors (Lipinski definition) is 4. The minimum atomic E-state index is -0.830. The average molecular weight is 351 g/mol. The number of hydrogen-bond donors (Lipinski definition) is 2. The summed E-state index contributed by atoms with van der Waals surface area (Å²) in [6, 6.07) is -0.129. The molecule has 0 radical (unpaired) electrons. The molecular weight excluding hydrogens is 322 g/mol. The number of carboxylic acids is 1. The van der Waals surface area contributed by atoms with Gasteiger partial charge in [0, 0.05) is 19.3 Å². The Morgan fingerprint density at radius 2 is 2.20 bits per heavy atom. The molecule has 1 aliphatic heterocycles. The Labute approximate surface area is 149 Å². The molecule has 0 bridgehead atoms. The molecule has 1 saturated heterocycles. The Hall–Kier alpha value is -2.00. The summed E-state index contributed by atoms with van der Waals surface area (Å²) in [4.78, 5) is 23.9. The highest BCUT2D eigenvalue weighted by atomic mass is 16.6. The number of ether oxygens (including phenoxy) is 1. The van der Waals surface area contributed by atoms with E-state index in [1.54, 1.807) is 11.0 Å². The van der Waals surface area contributed by atoms with Crippen LogP contribution in [0.25, 0.3) is 0 Å². The predicted octanol–water partition coefficient (Wildman–Crippen LogP) is 2.95. The number of carboxylic acid groups (broad SMARTS) is 1. The van der Waals surface area contributed by atoms with E-state index in [9.17, 15) is 14.7 Å². The third-order valence-electron chi connectivity index (χ3n) is 4.00. The summed E-state index contributed by atoms with van der Waals surface area (Å²) in [7, 11) is 0. The smallest absolute Gasteiger partial charge is 0.411 e. The highest BCUT2D eigenvalue weighted by Gasteiger charge is 2.27. The number of unbranched alkanes of at least 4 members (excludes halogenated alkanes) is 3. The van der Waals surface area contributed by atoms with Crippen LogP contribution in [0.5, 0.6) is 0 Å². The minimum Gasteiger partial charge on any atom is -0.481 e. The van der Waals surface area contributed by atoms with Crippen LogP contribution in [0.4, 0.5) is 4.79 Å². The monoisotopic (exact) mass is 351 g/mol. The van der Waals surface area contributed by atoms with E-state index in [-0.39, 0.29) is 19.0 Å². The predicted molar refractivity (Wildman–Crippen MR) is 95.0 cm³/mol. The molecule has 1 unspecified atom stereocenters. The molecule has 0 aromatic heterocycles. The highest BCUT2D eigenvalue weighted by molar-refractivity contribution is 5.69. The maximum atomic E-state index is 11.9. The van der Waals surface area contributed by atoms with Gasteiger partial charge in [0.25, 0.3) is 0 Å². The van der Waals surface area contributed by atoms with E-state index in [0.29, 0.717) is 25.9 Å². The van der Waals surface area contributed by atoms with Crippen molar-refractivity contribution in [2.75, 3.05) is 13.2 Å². The maximum Gasteiger partial charge on any atom is 0.411 e. The first-order valence-electron chi connectivity index (χ1n) is 9.02. The normalized spacial score (nSPS) is 18.6. The summed E-state index contributed by atoms with van der Waals surface area (Å²) < 4.78 is 5.06. The lowest BCUT2D eigenvalue weighted by Crippen LogP contribution is -2.44. The van der Waals surface area contributed by atoms with E-state index in [1.165, 1.54) is 0 Å². The van der Waals surface area contributed by atoms with Gasteiger partial charge in [-0.15, -0.1) is 5.92 Å². The van der Waals surface area contributed by atoms with Crippen LogP contribution in [-0.4, -0.2) is 52.5 Å². The van der Waals surface area contributed by atoms with Gasteiger partial charge in [-0.25, -0.2) is 4.79 Å². The lowest BCUT2D eigenvalue weighted by molar-refractivity contribution is -0.137. The largest absolute Gasteiger partial charge is 0.481 e. The van der Waals surface area contributed by atoms with E-state index in [4.69, 9.17) is 9.84 Å². The number of aliphatic hydroxyl groups is 1. The van der Waals surface area contributed by atoms with E-state index >= 15 is 0 Å². The van der Waals surface area contributed by atoms with Gasteiger partial charge in [-0.1, -0.05) is 44.3 Å². The second kappa shape index (κ2) is 12.4. The molecule has 1 fully saturated rings. The molecule has 0 aliphatic carbocycles. The van der Waals surface area contributed by atoms with Crippen molar-refractivity contribution in [2.45, 2.75) is 70.4 Å². The summed E-state index contributed by atoms with van der Waals surface area (Å²) in [6.45, 7) is 2.73. The van der Waals surface area contributed by atoms with E-state index in [0.717, 1.165) is 25.7 Å². The van der Waals surface area contributed by atoms with Crippen LogP contribution in [0.2, 0.25) is 0 Å². The fourth-order valence-corrected chi connectivity index (χ4v) is 2.54. The molecule has 1 heterocycles. The summed E-state index contributed by atoms with van der Waals surface area (Å²) in [5.74, 6) is 4.97. The third kappa shape index (κ3) is 9.16. The molecule has 140 valence electrons. The van der Waals surface area contributed by atoms with Crippen LogP contribution in [0.1, 0.15) is 58.3 Å². The molecular formula is C19H29NO5. The van der Waals surface area contributed by atoms with Gasteiger partial charge >= 0.3 is 12.1 Å². The first-order valence-corrected chi connectivity index (χ1v) is 9.02. The average Bonchev–Trinajstić information content (AvgIpc) is 2.57. The number of carbonyl (C=O) groups is 2. The third-order valence-corrected chi connectivity index (χ3v) is 4.00. The summed E-state index contributed by atoms with van der Waals surface area (Å²) in [6.07, 6.45) is 8.42. The zero-order valence-corrected chi connectivity index (χ0v) is 14.9. The molecule has 6 nitrogen and oxygen atoms in total. The standard InChI is InChI=1S/C19H29NO5/c1-2-3-6-9-17(21)12-11-16-13-15-25-19(24)20(16)14-8-5-4-7-10-18(22)23/h11-12,16-17,21H,2-4,6-7,9-10,13-15H2,1H3,(H,22,23)/t16-,17?/m0/s1. The van der Waals surface area contributed by atoms with Crippen LogP contribution < -0.4 is 0 Å². The van der Waals surface area contributed by atoms with Gasteiger partial charge in [0.1, 0.15) is 0 Å². The molecule has 1 amide bonds. The van der Waals surface area contributed by atoms with Crippen LogP contribution in [0.15, 0.2) is 12.2 Å². The first kappa shape index (κ1) is 21.0. The fourth-order valence-electron chi connectivity index (χ4n) is 2.54. The number of rotatable bonds is 10. The molecule has 0 saturated carbocycles. The molecule has 1 rings (SSSR count). The van der Waals surface area contributed by atoms with Crippen molar-refractivity contribution >= 4 is 12.1 Å².